The van der Waals surface area contributed by atoms with Gasteiger partial charge in [0, 0.05) is 11.8 Å². The number of benzene rings is 2. The number of hydrogen-bond acceptors (Lipinski definition) is 4. The lowest BCUT2D eigenvalue weighted by Gasteiger charge is -2.27. The zero-order valence-electron chi connectivity index (χ0n) is 15.6. The summed E-state index contributed by atoms with van der Waals surface area (Å²) >= 11 is 0. The van der Waals surface area contributed by atoms with Crippen LogP contribution in [0.1, 0.15) is 11.1 Å². The van der Waals surface area contributed by atoms with E-state index in [1.165, 1.54) is 6.07 Å². The number of alkyl halides is 6. The van der Waals surface area contributed by atoms with Crippen LogP contribution in [0.2, 0.25) is 0 Å². The van der Waals surface area contributed by atoms with E-state index in [1.54, 1.807) is 0 Å². The number of carbonyl (C=O) groups is 1. The number of nitriles is 1. The van der Waals surface area contributed by atoms with Crippen LogP contribution in [0.5, 0.6) is 0 Å². The number of carbonyl (C=O) groups excluding carboxylic acids is 1. The molecule has 0 bridgehead atoms. The molecule has 5 nitrogen and oxygen atoms in total. The van der Waals surface area contributed by atoms with Gasteiger partial charge in [-0.2, -0.15) is 31.6 Å². The average Bonchev–Trinajstić information content (AvgIpc) is 3.15. The Morgan fingerprint density at radius 2 is 1.78 bits per heavy atom. The van der Waals surface area contributed by atoms with Crippen LogP contribution in [-0.4, -0.2) is 31.0 Å². The highest BCUT2D eigenvalue weighted by Gasteiger charge is 2.52. The second kappa shape index (κ2) is 8.27. The number of amides is 1. The fraction of sp³-hybridized carbons (Fsp3) is 0.263. The minimum atomic E-state index is -5.11. The molecule has 3 rings (SSSR count). The highest BCUT2D eigenvalue weighted by molar-refractivity contribution is 5.95. The fourth-order valence-electron chi connectivity index (χ4n) is 3.03. The summed E-state index contributed by atoms with van der Waals surface area (Å²) in [4.78, 5) is 12.7. The molecule has 1 saturated heterocycles. The molecule has 0 spiro atoms. The number of nitrogens with one attached hydrogen (secondary N) is 1. The number of nitrogens with zero attached hydrogens (tertiary/aromatic N) is 2. The quantitative estimate of drug-likeness (QED) is 0.674. The Labute approximate surface area is 174 Å². The molecule has 1 aliphatic heterocycles. The minimum absolute atomic E-state index is 0.348. The second-order valence-electron chi connectivity index (χ2n) is 6.62. The lowest BCUT2D eigenvalue weighted by atomic mass is 10.1. The molecule has 0 aliphatic carbocycles. The summed E-state index contributed by atoms with van der Waals surface area (Å²) in [5, 5.41) is 10.8. The van der Waals surface area contributed by atoms with Crippen molar-refractivity contribution in [1.29, 1.82) is 5.26 Å². The Morgan fingerprint density at radius 1 is 1.09 bits per heavy atom. The number of rotatable bonds is 3. The Morgan fingerprint density at radius 3 is 2.34 bits per heavy atom. The van der Waals surface area contributed by atoms with Gasteiger partial charge in [0.15, 0.2) is 6.10 Å². The molecule has 170 valence electrons. The number of hydrogen-bond donors (Lipinski definition) is 1. The first kappa shape index (κ1) is 23.3. The van der Waals surface area contributed by atoms with Crippen LogP contribution < -0.4 is 10.2 Å². The molecule has 32 heavy (non-hydrogen) atoms. The van der Waals surface area contributed by atoms with Gasteiger partial charge in [-0.15, -0.1) is 0 Å². The standard InChI is InChI=1S/C19H11F8N3O2/c20-10-2-4-14(13(21)5-10)29-16(31)15-8-30(17(32-15)19(25,26)27)11-3-1-9(7-28)12(6-11)18(22,23)24/h1-6,15,17H,8H2,(H,29,31). The van der Waals surface area contributed by atoms with Crippen molar-refractivity contribution in [3.8, 4) is 6.07 Å². The van der Waals surface area contributed by atoms with E-state index < -0.39 is 71.3 Å². The third kappa shape index (κ3) is 4.75. The molecule has 2 unspecified atom stereocenters. The topological polar surface area (TPSA) is 65.4 Å². The zero-order valence-corrected chi connectivity index (χ0v) is 15.6. The first-order valence-corrected chi connectivity index (χ1v) is 8.67. The first-order chi connectivity index (χ1) is 14.8. The van der Waals surface area contributed by atoms with E-state index in [4.69, 9.17) is 10.00 Å². The van der Waals surface area contributed by atoms with Gasteiger partial charge in [0.05, 0.1) is 29.4 Å². The molecular formula is C19H11F8N3O2. The molecule has 1 N–H and O–H groups in total. The second-order valence-corrected chi connectivity index (χ2v) is 6.62. The van der Waals surface area contributed by atoms with Crippen molar-refractivity contribution < 1.29 is 44.7 Å². The molecule has 2 aromatic carbocycles. The van der Waals surface area contributed by atoms with Crippen molar-refractivity contribution in [3.63, 3.8) is 0 Å². The summed E-state index contributed by atoms with van der Waals surface area (Å²) in [5.74, 6) is -3.37. The van der Waals surface area contributed by atoms with Gasteiger partial charge in [0.1, 0.15) is 11.6 Å². The predicted octanol–water partition coefficient (Wildman–Crippen LogP) is 4.59. The molecule has 1 fully saturated rings. The normalized spacial score (nSPS) is 19.0. The summed E-state index contributed by atoms with van der Waals surface area (Å²) in [6.07, 6.45) is -14.8. The van der Waals surface area contributed by atoms with Crippen LogP contribution in [0.4, 0.5) is 46.5 Å². The van der Waals surface area contributed by atoms with Gasteiger partial charge in [-0.3, -0.25) is 4.79 Å². The average molecular weight is 465 g/mol. The zero-order chi connectivity index (χ0) is 23.8. The molecule has 1 heterocycles. The van der Waals surface area contributed by atoms with Crippen molar-refractivity contribution in [2.45, 2.75) is 24.7 Å². The Bertz CT molecular complexity index is 1080. The molecule has 1 amide bonds. The summed E-state index contributed by atoms with van der Waals surface area (Å²) < 4.78 is 111. The first-order valence-electron chi connectivity index (χ1n) is 8.67. The van der Waals surface area contributed by atoms with Gasteiger partial charge in [-0.25, -0.2) is 8.78 Å². The van der Waals surface area contributed by atoms with Crippen LogP contribution in [0.25, 0.3) is 0 Å². The Kier molecular flexibility index (Phi) is 6.01. The Hall–Kier alpha value is -3.40. The van der Waals surface area contributed by atoms with Crippen molar-refractivity contribution in [3.05, 3.63) is 59.2 Å². The van der Waals surface area contributed by atoms with E-state index in [1.807, 2.05) is 5.32 Å². The van der Waals surface area contributed by atoms with Crippen molar-refractivity contribution in [2.75, 3.05) is 16.8 Å². The maximum atomic E-state index is 13.7. The molecule has 2 atom stereocenters. The molecule has 0 aromatic heterocycles. The largest absolute Gasteiger partial charge is 0.433 e. The highest BCUT2D eigenvalue weighted by Crippen LogP contribution is 2.39. The number of ether oxygens (including phenoxy) is 1. The monoisotopic (exact) mass is 465 g/mol. The third-order valence-electron chi connectivity index (χ3n) is 4.46. The summed E-state index contributed by atoms with van der Waals surface area (Å²) in [5.41, 5.74) is -3.38. The SMILES string of the molecule is N#Cc1ccc(N2CC(C(=O)Nc3ccc(F)cc3F)OC2C(F)(F)F)cc1C(F)(F)F. The van der Waals surface area contributed by atoms with E-state index in [9.17, 15) is 39.9 Å². The fourth-order valence-corrected chi connectivity index (χ4v) is 3.03. The van der Waals surface area contributed by atoms with Gasteiger partial charge in [-0.05, 0) is 30.3 Å². The van der Waals surface area contributed by atoms with Crippen molar-refractivity contribution in [2.24, 2.45) is 0 Å². The van der Waals surface area contributed by atoms with E-state index in [0.29, 0.717) is 23.1 Å². The van der Waals surface area contributed by atoms with Gasteiger partial charge < -0.3 is 15.0 Å². The van der Waals surface area contributed by atoms with Crippen LogP contribution in [-0.2, 0) is 15.7 Å². The van der Waals surface area contributed by atoms with Gasteiger partial charge in [0.25, 0.3) is 5.91 Å². The maximum absolute atomic E-state index is 13.7. The van der Waals surface area contributed by atoms with Crippen molar-refractivity contribution >= 4 is 17.3 Å². The molecule has 0 saturated carbocycles. The van der Waals surface area contributed by atoms with Gasteiger partial charge in [0.2, 0.25) is 6.23 Å². The van der Waals surface area contributed by atoms with E-state index in [-0.39, 0.29) is 0 Å². The molecular weight excluding hydrogens is 454 g/mol. The maximum Gasteiger partial charge on any atom is 0.433 e. The smallest absolute Gasteiger partial charge is 0.335 e. The van der Waals surface area contributed by atoms with Gasteiger partial charge >= 0.3 is 12.4 Å². The summed E-state index contributed by atoms with van der Waals surface area (Å²) in [6.45, 7) is -0.831. The molecule has 2 aromatic rings. The van der Waals surface area contributed by atoms with Crippen LogP contribution in [0, 0.1) is 23.0 Å². The van der Waals surface area contributed by atoms with E-state index in [0.717, 1.165) is 18.2 Å². The lowest BCUT2D eigenvalue weighted by Crippen LogP contribution is -2.42. The predicted molar refractivity (Wildman–Crippen MR) is 93.2 cm³/mol. The minimum Gasteiger partial charge on any atom is -0.335 e. The van der Waals surface area contributed by atoms with E-state index >= 15 is 0 Å². The van der Waals surface area contributed by atoms with Gasteiger partial charge in [-0.1, -0.05) is 0 Å². The molecule has 0 radical (unpaired) electrons. The van der Waals surface area contributed by atoms with E-state index in [2.05, 4.69) is 0 Å². The summed E-state index contributed by atoms with van der Waals surface area (Å²) in [7, 11) is 0. The van der Waals surface area contributed by atoms with Crippen LogP contribution >= 0.6 is 0 Å². The number of anilines is 2. The molecule has 13 heteroatoms. The van der Waals surface area contributed by atoms with Crippen LogP contribution in [0.15, 0.2) is 36.4 Å². The van der Waals surface area contributed by atoms with Crippen molar-refractivity contribution in [1.82, 2.24) is 0 Å². The Balaban J connectivity index is 1.91. The van der Waals surface area contributed by atoms with Crippen LogP contribution in [0.3, 0.4) is 0 Å². The summed E-state index contributed by atoms with van der Waals surface area (Å²) in [6, 6.07) is 5.29. The number of halogens is 8. The lowest BCUT2D eigenvalue weighted by molar-refractivity contribution is -0.212. The third-order valence-corrected chi connectivity index (χ3v) is 4.46. The highest BCUT2D eigenvalue weighted by atomic mass is 19.4. The molecule has 1 aliphatic rings.